The molecule has 4 heteroatoms. The molecule has 0 aromatic heterocycles. The molecular formula is C18H33NO3. The van der Waals surface area contributed by atoms with Gasteiger partial charge in [0.05, 0.1) is 6.10 Å². The van der Waals surface area contributed by atoms with E-state index in [0.717, 1.165) is 38.8 Å². The van der Waals surface area contributed by atoms with Crippen LogP contribution in [0.2, 0.25) is 0 Å². The summed E-state index contributed by atoms with van der Waals surface area (Å²) in [4.78, 5) is 14.0. The highest BCUT2D eigenvalue weighted by atomic mass is 16.6. The Balaban J connectivity index is 1.68. The predicted octanol–water partition coefficient (Wildman–Crippen LogP) is 3.68. The first kappa shape index (κ1) is 17.6. The molecule has 1 saturated heterocycles. The summed E-state index contributed by atoms with van der Waals surface area (Å²) in [7, 11) is 0. The normalized spacial score (nSPS) is 27.3. The highest BCUT2D eigenvalue weighted by Crippen LogP contribution is 2.37. The van der Waals surface area contributed by atoms with Crippen LogP contribution in [0.25, 0.3) is 0 Å². The molecule has 0 aromatic carbocycles. The van der Waals surface area contributed by atoms with Crippen molar-refractivity contribution in [1.82, 2.24) is 4.90 Å². The maximum Gasteiger partial charge on any atom is 0.410 e. The molecular weight excluding hydrogens is 278 g/mol. The molecule has 1 aliphatic heterocycles. The van der Waals surface area contributed by atoms with Crippen molar-refractivity contribution in [2.45, 2.75) is 72.0 Å². The fourth-order valence-corrected chi connectivity index (χ4v) is 3.34. The fourth-order valence-electron chi connectivity index (χ4n) is 3.34. The molecule has 1 unspecified atom stereocenters. The SMILES string of the molecule is CC(C)C1CN(C(=O)OC(C)(C)CCC(C)C2CC(O)C2)C1. The number of hydrogen-bond donors (Lipinski definition) is 1. The molecule has 0 aromatic rings. The molecule has 0 spiro atoms. The van der Waals surface area contributed by atoms with Gasteiger partial charge < -0.3 is 14.7 Å². The number of ether oxygens (including phenoxy) is 1. The van der Waals surface area contributed by atoms with Gasteiger partial charge in [-0.2, -0.15) is 0 Å². The Morgan fingerprint density at radius 3 is 2.32 bits per heavy atom. The summed E-state index contributed by atoms with van der Waals surface area (Å²) < 4.78 is 5.71. The van der Waals surface area contributed by atoms with E-state index in [-0.39, 0.29) is 12.2 Å². The fraction of sp³-hybridized carbons (Fsp3) is 0.944. The zero-order valence-electron chi connectivity index (χ0n) is 14.8. The molecule has 4 nitrogen and oxygen atoms in total. The lowest BCUT2D eigenvalue weighted by molar-refractivity contribution is -0.0273. The number of hydrogen-bond acceptors (Lipinski definition) is 3. The van der Waals surface area contributed by atoms with Gasteiger partial charge in [0.15, 0.2) is 0 Å². The van der Waals surface area contributed by atoms with Crippen LogP contribution in [-0.2, 0) is 4.74 Å². The minimum atomic E-state index is -0.406. The van der Waals surface area contributed by atoms with Crippen molar-refractivity contribution in [2.24, 2.45) is 23.7 Å². The molecule has 1 saturated carbocycles. The van der Waals surface area contributed by atoms with Gasteiger partial charge in [-0.15, -0.1) is 0 Å². The number of amides is 1. The van der Waals surface area contributed by atoms with Gasteiger partial charge in [-0.3, -0.25) is 0 Å². The lowest BCUT2D eigenvalue weighted by Gasteiger charge is -2.42. The number of rotatable bonds is 6. The van der Waals surface area contributed by atoms with Crippen molar-refractivity contribution >= 4 is 6.09 Å². The van der Waals surface area contributed by atoms with E-state index in [1.54, 1.807) is 0 Å². The first-order valence-electron chi connectivity index (χ1n) is 8.84. The van der Waals surface area contributed by atoms with E-state index in [4.69, 9.17) is 4.74 Å². The van der Waals surface area contributed by atoms with Crippen LogP contribution in [-0.4, -0.2) is 40.9 Å². The second-order valence-electron chi connectivity index (χ2n) is 8.44. The Morgan fingerprint density at radius 2 is 1.82 bits per heavy atom. The van der Waals surface area contributed by atoms with Crippen LogP contribution in [0.5, 0.6) is 0 Å². The first-order chi connectivity index (χ1) is 10.2. The van der Waals surface area contributed by atoms with Crippen molar-refractivity contribution in [3.8, 4) is 0 Å². The van der Waals surface area contributed by atoms with Gasteiger partial charge in [-0.05, 0) is 63.2 Å². The summed E-state index contributed by atoms with van der Waals surface area (Å²) in [5, 5.41) is 9.39. The van der Waals surface area contributed by atoms with Crippen molar-refractivity contribution in [1.29, 1.82) is 0 Å². The topological polar surface area (TPSA) is 49.8 Å². The van der Waals surface area contributed by atoms with Gasteiger partial charge in [-0.25, -0.2) is 4.79 Å². The zero-order valence-corrected chi connectivity index (χ0v) is 14.8. The lowest BCUT2D eigenvalue weighted by Crippen LogP contribution is -2.53. The predicted molar refractivity (Wildman–Crippen MR) is 87.6 cm³/mol. The van der Waals surface area contributed by atoms with Crippen molar-refractivity contribution in [3.63, 3.8) is 0 Å². The summed E-state index contributed by atoms with van der Waals surface area (Å²) in [6.45, 7) is 12.3. The van der Waals surface area contributed by atoms with Crippen LogP contribution in [0, 0.1) is 23.7 Å². The molecule has 2 aliphatic rings. The minimum absolute atomic E-state index is 0.0846. The highest BCUT2D eigenvalue weighted by molar-refractivity contribution is 5.69. The largest absolute Gasteiger partial charge is 0.443 e. The van der Waals surface area contributed by atoms with E-state index in [1.165, 1.54) is 0 Å². The van der Waals surface area contributed by atoms with Crippen LogP contribution >= 0.6 is 0 Å². The van der Waals surface area contributed by atoms with Crippen LogP contribution < -0.4 is 0 Å². The van der Waals surface area contributed by atoms with Gasteiger partial charge in [0.25, 0.3) is 0 Å². The van der Waals surface area contributed by atoms with Gasteiger partial charge in [0, 0.05) is 13.1 Å². The Bertz CT molecular complexity index is 382. The molecule has 1 heterocycles. The Morgan fingerprint density at radius 1 is 1.23 bits per heavy atom. The van der Waals surface area contributed by atoms with Crippen molar-refractivity contribution in [3.05, 3.63) is 0 Å². The Kier molecular flexibility index (Phi) is 5.41. The third kappa shape index (κ3) is 4.37. The molecule has 1 N–H and O–H groups in total. The van der Waals surface area contributed by atoms with E-state index < -0.39 is 5.60 Å². The van der Waals surface area contributed by atoms with Gasteiger partial charge in [0.1, 0.15) is 5.60 Å². The highest BCUT2D eigenvalue weighted by Gasteiger charge is 2.37. The Labute approximate surface area is 135 Å². The third-order valence-electron chi connectivity index (χ3n) is 5.63. The standard InChI is InChI=1S/C18H33NO3/c1-12(2)15-10-19(11-15)17(21)22-18(4,5)7-6-13(3)14-8-16(20)9-14/h12-16,20H,6-11H2,1-5H3. The Hall–Kier alpha value is -0.770. The summed E-state index contributed by atoms with van der Waals surface area (Å²) >= 11 is 0. The molecule has 2 rings (SSSR count). The smallest absolute Gasteiger partial charge is 0.410 e. The number of carbonyl (C=O) groups is 1. The number of aliphatic hydroxyl groups excluding tert-OH is 1. The van der Waals surface area contributed by atoms with E-state index >= 15 is 0 Å². The maximum atomic E-state index is 12.2. The number of likely N-dealkylation sites (tertiary alicyclic amines) is 1. The van der Waals surface area contributed by atoms with Crippen LogP contribution in [0.4, 0.5) is 4.79 Å². The van der Waals surface area contributed by atoms with Gasteiger partial charge >= 0.3 is 6.09 Å². The second kappa shape index (κ2) is 6.77. The summed E-state index contributed by atoms with van der Waals surface area (Å²) in [5.41, 5.74) is -0.406. The second-order valence-corrected chi connectivity index (χ2v) is 8.44. The summed E-state index contributed by atoms with van der Waals surface area (Å²) in [6.07, 6.45) is 3.56. The average Bonchev–Trinajstić information content (AvgIpc) is 2.29. The molecule has 0 bridgehead atoms. The molecule has 2 fully saturated rings. The van der Waals surface area contributed by atoms with Crippen LogP contribution in [0.15, 0.2) is 0 Å². The van der Waals surface area contributed by atoms with Gasteiger partial charge in [0.2, 0.25) is 0 Å². The molecule has 1 atom stereocenters. The average molecular weight is 311 g/mol. The summed E-state index contributed by atoms with van der Waals surface area (Å²) in [5.74, 6) is 2.50. The van der Waals surface area contributed by atoms with Crippen LogP contribution in [0.1, 0.15) is 60.3 Å². The molecule has 22 heavy (non-hydrogen) atoms. The van der Waals surface area contributed by atoms with Crippen LogP contribution in [0.3, 0.4) is 0 Å². The monoisotopic (exact) mass is 311 g/mol. The van der Waals surface area contributed by atoms with E-state index in [0.29, 0.717) is 23.7 Å². The summed E-state index contributed by atoms with van der Waals surface area (Å²) in [6, 6.07) is 0. The molecule has 1 aliphatic carbocycles. The molecule has 0 radical (unpaired) electrons. The number of aliphatic hydroxyl groups is 1. The maximum absolute atomic E-state index is 12.2. The zero-order chi connectivity index (χ0) is 16.5. The molecule has 1 amide bonds. The van der Waals surface area contributed by atoms with Crippen molar-refractivity contribution in [2.75, 3.05) is 13.1 Å². The van der Waals surface area contributed by atoms with E-state index in [2.05, 4.69) is 20.8 Å². The third-order valence-corrected chi connectivity index (χ3v) is 5.63. The van der Waals surface area contributed by atoms with E-state index in [1.807, 2.05) is 18.7 Å². The molecule has 128 valence electrons. The van der Waals surface area contributed by atoms with E-state index in [9.17, 15) is 9.90 Å². The minimum Gasteiger partial charge on any atom is -0.443 e. The number of nitrogens with zero attached hydrogens (tertiary/aromatic N) is 1. The first-order valence-corrected chi connectivity index (χ1v) is 8.84. The van der Waals surface area contributed by atoms with Crippen molar-refractivity contribution < 1.29 is 14.6 Å². The lowest BCUT2D eigenvalue weighted by atomic mass is 9.72. The quantitative estimate of drug-likeness (QED) is 0.814. The number of carbonyl (C=O) groups excluding carboxylic acids is 1. The van der Waals surface area contributed by atoms with Gasteiger partial charge in [-0.1, -0.05) is 20.8 Å².